The van der Waals surface area contributed by atoms with Crippen LogP contribution in [0.5, 0.6) is 0 Å². The summed E-state index contributed by atoms with van der Waals surface area (Å²) < 4.78 is 1.86. The van der Waals surface area contributed by atoms with Crippen molar-refractivity contribution in [1.29, 1.82) is 0 Å². The predicted octanol–water partition coefficient (Wildman–Crippen LogP) is 3.69. The van der Waals surface area contributed by atoms with Gasteiger partial charge in [-0.15, -0.1) is 0 Å². The molecule has 0 saturated carbocycles. The summed E-state index contributed by atoms with van der Waals surface area (Å²) in [5.74, 6) is 0.0980. The van der Waals surface area contributed by atoms with Gasteiger partial charge in [-0.3, -0.25) is 14.5 Å². The molecule has 1 amide bonds. The van der Waals surface area contributed by atoms with E-state index in [9.17, 15) is 4.79 Å². The van der Waals surface area contributed by atoms with E-state index in [1.165, 1.54) is 0 Å². The molecular weight excluding hydrogens is 324 g/mol. The van der Waals surface area contributed by atoms with Crippen molar-refractivity contribution >= 4 is 5.91 Å². The molecule has 1 aliphatic heterocycles. The second-order valence-electron chi connectivity index (χ2n) is 6.70. The quantitative estimate of drug-likeness (QED) is 0.724. The van der Waals surface area contributed by atoms with Crippen LogP contribution in [0, 0.1) is 0 Å². The van der Waals surface area contributed by atoms with Crippen molar-refractivity contribution in [2.75, 3.05) is 6.54 Å². The Kier molecular flexibility index (Phi) is 4.78. The van der Waals surface area contributed by atoms with E-state index in [4.69, 9.17) is 0 Å². The normalized spacial score (nSPS) is 17.2. The first-order valence-corrected chi connectivity index (χ1v) is 9.08. The monoisotopic (exact) mass is 346 g/mol. The fourth-order valence-electron chi connectivity index (χ4n) is 3.64. The minimum atomic E-state index is 0.0980. The summed E-state index contributed by atoms with van der Waals surface area (Å²) in [7, 11) is 0. The van der Waals surface area contributed by atoms with Gasteiger partial charge in [0.1, 0.15) is 0 Å². The minimum absolute atomic E-state index is 0.0980. The molecule has 3 heterocycles. The molecule has 132 valence electrons. The third-order valence-electron chi connectivity index (χ3n) is 4.91. The Bertz CT molecular complexity index is 861. The van der Waals surface area contributed by atoms with E-state index >= 15 is 0 Å². The smallest absolute Gasteiger partial charge is 0.254 e. The average Bonchev–Trinajstić information content (AvgIpc) is 3.21. The van der Waals surface area contributed by atoms with Crippen molar-refractivity contribution in [2.24, 2.45) is 0 Å². The molecule has 1 atom stereocenters. The van der Waals surface area contributed by atoms with Gasteiger partial charge >= 0.3 is 0 Å². The SMILES string of the molecule is O=C(c1cccc(Cn2cccn2)c1)N1CCCCC1c1cccnc1. The lowest BCUT2D eigenvalue weighted by molar-refractivity contribution is 0.0611. The summed E-state index contributed by atoms with van der Waals surface area (Å²) in [4.78, 5) is 19.5. The van der Waals surface area contributed by atoms with Crippen LogP contribution in [-0.4, -0.2) is 32.1 Å². The van der Waals surface area contributed by atoms with Crippen LogP contribution in [0.25, 0.3) is 0 Å². The fourth-order valence-corrected chi connectivity index (χ4v) is 3.64. The minimum Gasteiger partial charge on any atom is -0.332 e. The second kappa shape index (κ2) is 7.52. The number of hydrogen-bond acceptors (Lipinski definition) is 3. The van der Waals surface area contributed by atoms with Gasteiger partial charge in [0.2, 0.25) is 0 Å². The van der Waals surface area contributed by atoms with Gasteiger partial charge in [-0.05, 0) is 54.7 Å². The lowest BCUT2D eigenvalue weighted by atomic mass is 9.95. The van der Waals surface area contributed by atoms with Gasteiger partial charge in [0.15, 0.2) is 0 Å². The van der Waals surface area contributed by atoms with Crippen LogP contribution in [0.2, 0.25) is 0 Å². The third-order valence-corrected chi connectivity index (χ3v) is 4.91. The first kappa shape index (κ1) is 16.5. The molecule has 1 unspecified atom stereocenters. The Labute approximate surface area is 153 Å². The van der Waals surface area contributed by atoms with Gasteiger partial charge < -0.3 is 4.90 Å². The number of amides is 1. The molecule has 26 heavy (non-hydrogen) atoms. The average molecular weight is 346 g/mol. The highest BCUT2D eigenvalue weighted by Crippen LogP contribution is 2.31. The molecule has 0 N–H and O–H groups in total. The van der Waals surface area contributed by atoms with E-state index in [1.54, 1.807) is 12.4 Å². The van der Waals surface area contributed by atoms with Crippen LogP contribution in [0.1, 0.15) is 46.8 Å². The van der Waals surface area contributed by atoms with Gasteiger partial charge in [0.25, 0.3) is 5.91 Å². The summed E-state index contributed by atoms with van der Waals surface area (Å²) in [5.41, 5.74) is 2.94. The van der Waals surface area contributed by atoms with Crippen LogP contribution in [0.4, 0.5) is 0 Å². The van der Waals surface area contributed by atoms with Crippen LogP contribution in [0.15, 0.2) is 67.3 Å². The van der Waals surface area contributed by atoms with Crippen molar-refractivity contribution in [3.05, 3.63) is 83.9 Å². The lowest BCUT2D eigenvalue weighted by Gasteiger charge is -2.36. The molecule has 0 bridgehead atoms. The van der Waals surface area contributed by atoms with Gasteiger partial charge in [0, 0.05) is 36.9 Å². The number of aromatic nitrogens is 3. The number of likely N-dealkylation sites (tertiary alicyclic amines) is 1. The van der Waals surface area contributed by atoms with Gasteiger partial charge in [-0.25, -0.2) is 0 Å². The molecule has 1 aromatic carbocycles. The van der Waals surface area contributed by atoms with E-state index in [1.807, 2.05) is 58.4 Å². The van der Waals surface area contributed by atoms with Gasteiger partial charge in [-0.2, -0.15) is 5.10 Å². The molecule has 0 aliphatic carbocycles. The van der Waals surface area contributed by atoms with Gasteiger partial charge in [-0.1, -0.05) is 18.2 Å². The lowest BCUT2D eigenvalue weighted by Crippen LogP contribution is -2.38. The molecule has 2 aromatic heterocycles. The number of carbonyl (C=O) groups is 1. The Morgan fingerprint density at radius 1 is 1.12 bits per heavy atom. The van der Waals surface area contributed by atoms with Crippen LogP contribution >= 0.6 is 0 Å². The maximum absolute atomic E-state index is 13.2. The third kappa shape index (κ3) is 3.52. The zero-order chi connectivity index (χ0) is 17.8. The standard InChI is InChI=1S/C21H22N4O/c26-21(18-7-3-6-17(14-18)16-24-12-5-11-23-24)25-13-2-1-9-20(25)19-8-4-10-22-15-19/h3-8,10-12,14-15,20H,1-2,9,13,16H2. The molecule has 0 radical (unpaired) electrons. The first-order valence-electron chi connectivity index (χ1n) is 9.08. The second-order valence-corrected chi connectivity index (χ2v) is 6.70. The number of rotatable bonds is 4. The van der Waals surface area contributed by atoms with Crippen molar-refractivity contribution in [1.82, 2.24) is 19.7 Å². The highest BCUT2D eigenvalue weighted by Gasteiger charge is 2.28. The number of hydrogen-bond donors (Lipinski definition) is 0. The maximum Gasteiger partial charge on any atom is 0.254 e. The highest BCUT2D eigenvalue weighted by molar-refractivity contribution is 5.94. The van der Waals surface area contributed by atoms with E-state index < -0.39 is 0 Å². The molecule has 1 aliphatic rings. The zero-order valence-electron chi connectivity index (χ0n) is 14.7. The largest absolute Gasteiger partial charge is 0.332 e. The molecule has 1 fully saturated rings. The highest BCUT2D eigenvalue weighted by atomic mass is 16.2. The number of nitrogens with zero attached hydrogens (tertiary/aromatic N) is 4. The molecule has 1 saturated heterocycles. The number of piperidine rings is 1. The Morgan fingerprint density at radius 3 is 2.88 bits per heavy atom. The Morgan fingerprint density at radius 2 is 2.08 bits per heavy atom. The maximum atomic E-state index is 13.2. The van der Waals surface area contributed by atoms with Crippen molar-refractivity contribution in [3.63, 3.8) is 0 Å². The topological polar surface area (TPSA) is 51.0 Å². The molecule has 5 nitrogen and oxygen atoms in total. The summed E-state index contributed by atoms with van der Waals surface area (Å²) >= 11 is 0. The van der Waals surface area contributed by atoms with E-state index in [2.05, 4.69) is 16.1 Å². The van der Waals surface area contributed by atoms with Crippen molar-refractivity contribution in [3.8, 4) is 0 Å². The van der Waals surface area contributed by atoms with Crippen LogP contribution in [0.3, 0.4) is 0 Å². The van der Waals surface area contributed by atoms with Gasteiger partial charge in [0.05, 0.1) is 12.6 Å². The molecule has 0 spiro atoms. The Balaban J connectivity index is 1.57. The summed E-state index contributed by atoms with van der Waals surface area (Å²) in [6, 6.07) is 13.9. The van der Waals surface area contributed by atoms with E-state index in [0.717, 1.165) is 42.5 Å². The van der Waals surface area contributed by atoms with Crippen LogP contribution in [-0.2, 0) is 6.54 Å². The number of carbonyl (C=O) groups excluding carboxylic acids is 1. The molecule has 4 rings (SSSR count). The first-order chi connectivity index (χ1) is 12.8. The molecule has 3 aromatic rings. The zero-order valence-corrected chi connectivity index (χ0v) is 14.7. The van der Waals surface area contributed by atoms with E-state index in [0.29, 0.717) is 6.54 Å². The van der Waals surface area contributed by atoms with Crippen LogP contribution < -0.4 is 0 Å². The predicted molar refractivity (Wildman–Crippen MR) is 99.6 cm³/mol. The summed E-state index contributed by atoms with van der Waals surface area (Å²) in [5, 5.41) is 4.24. The fraction of sp³-hybridized carbons (Fsp3) is 0.286. The Hall–Kier alpha value is -2.95. The van der Waals surface area contributed by atoms with Crippen molar-refractivity contribution in [2.45, 2.75) is 31.8 Å². The van der Waals surface area contributed by atoms with Crippen molar-refractivity contribution < 1.29 is 4.79 Å². The summed E-state index contributed by atoms with van der Waals surface area (Å²) in [6.07, 6.45) is 10.5. The van der Waals surface area contributed by atoms with E-state index in [-0.39, 0.29) is 11.9 Å². The molecule has 5 heteroatoms. The summed E-state index contributed by atoms with van der Waals surface area (Å²) in [6.45, 7) is 1.46. The number of benzene rings is 1. The number of pyridine rings is 1. The molecular formula is C21H22N4O.